The third kappa shape index (κ3) is 6.63. The summed E-state index contributed by atoms with van der Waals surface area (Å²) >= 11 is 0. The molecule has 1 heterocycles. The van der Waals surface area contributed by atoms with E-state index in [1.54, 1.807) is 11.8 Å². The van der Waals surface area contributed by atoms with Crippen molar-refractivity contribution < 1.29 is 9.59 Å². The topological polar surface area (TPSA) is 69.9 Å². The lowest BCUT2D eigenvalue weighted by atomic mass is 9.93. The second-order valence-electron chi connectivity index (χ2n) is 6.43. The van der Waals surface area contributed by atoms with E-state index >= 15 is 0 Å². The summed E-state index contributed by atoms with van der Waals surface area (Å²) < 4.78 is 0. The zero-order valence-electron chi connectivity index (χ0n) is 13.6. The van der Waals surface area contributed by atoms with E-state index in [0.29, 0.717) is 39.3 Å². The first-order valence-electron chi connectivity index (χ1n) is 7.17. The SMILES string of the molecule is CC(=O)N1CCN(C(=O)CN(C)CC(C)(C)CN)CC1.Cl. The van der Waals surface area contributed by atoms with E-state index in [2.05, 4.69) is 13.8 Å². The minimum Gasteiger partial charge on any atom is -0.339 e. The van der Waals surface area contributed by atoms with Crippen molar-refractivity contribution in [3.8, 4) is 0 Å². The van der Waals surface area contributed by atoms with Crippen molar-refractivity contribution in [1.82, 2.24) is 14.7 Å². The molecule has 0 aromatic rings. The number of amides is 2. The number of nitrogens with zero attached hydrogens (tertiary/aromatic N) is 3. The summed E-state index contributed by atoms with van der Waals surface area (Å²) in [6.07, 6.45) is 0. The van der Waals surface area contributed by atoms with Crippen molar-refractivity contribution in [2.75, 3.05) is 52.9 Å². The molecule has 0 aliphatic carbocycles. The summed E-state index contributed by atoms with van der Waals surface area (Å²) in [6.45, 7) is 10.1. The molecule has 0 aromatic heterocycles. The maximum atomic E-state index is 12.2. The number of carbonyl (C=O) groups excluding carboxylic acids is 2. The van der Waals surface area contributed by atoms with Crippen molar-refractivity contribution in [2.45, 2.75) is 20.8 Å². The molecule has 2 amide bonds. The Morgan fingerprint density at radius 1 is 1.14 bits per heavy atom. The largest absolute Gasteiger partial charge is 0.339 e. The molecule has 1 aliphatic heterocycles. The van der Waals surface area contributed by atoms with E-state index in [-0.39, 0.29) is 29.6 Å². The molecule has 0 aromatic carbocycles. The number of piperazine rings is 1. The van der Waals surface area contributed by atoms with Gasteiger partial charge in [0.1, 0.15) is 0 Å². The maximum Gasteiger partial charge on any atom is 0.236 e. The fourth-order valence-corrected chi connectivity index (χ4v) is 2.45. The molecule has 0 radical (unpaired) electrons. The van der Waals surface area contributed by atoms with E-state index in [9.17, 15) is 9.59 Å². The first-order chi connectivity index (χ1) is 9.25. The van der Waals surface area contributed by atoms with E-state index in [0.717, 1.165) is 6.54 Å². The van der Waals surface area contributed by atoms with Gasteiger partial charge in [-0.05, 0) is 19.0 Å². The van der Waals surface area contributed by atoms with Crippen LogP contribution in [0.25, 0.3) is 0 Å². The van der Waals surface area contributed by atoms with E-state index in [4.69, 9.17) is 5.73 Å². The normalized spacial score (nSPS) is 15.9. The molecule has 1 fully saturated rings. The number of carbonyl (C=O) groups is 2. The summed E-state index contributed by atoms with van der Waals surface area (Å²) in [6, 6.07) is 0. The highest BCUT2D eigenvalue weighted by Crippen LogP contribution is 2.14. The molecule has 0 atom stereocenters. The fraction of sp³-hybridized carbons (Fsp3) is 0.857. The van der Waals surface area contributed by atoms with Gasteiger partial charge in [0, 0.05) is 39.6 Å². The molecule has 2 N–H and O–H groups in total. The molecule has 21 heavy (non-hydrogen) atoms. The molecule has 124 valence electrons. The van der Waals surface area contributed by atoms with Crippen molar-refractivity contribution >= 4 is 24.2 Å². The van der Waals surface area contributed by atoms with E-state index in [1.165, 1.54) is 0 Å². The number of rotatable bonds is 5. The second-order valence-corrected chi connectivity index (χ2v) is 6.43. The minimum atomic E-state index is 0. The summed E-state index contributed by atoms with van der Waals surface area (Å²) in [5.74, 6) is 0.211. The second kappa shape index (κ2) is 8.56. The third-order valence-corrected chi connectivity index (χ3v) is 3.73. The standard InChI is InChI=1S/C14H28N4O2.ClH/c1-12(19)17-5-7-18(8-6-17)13(20)9-16(4)11-14(2,3)10-15;/h5-11,15H2,1-4H3;1H. The molecular formula is C14H29ClN4O2. The Morgan fingerprint density at radius 2 is 1.62 bits per heavy atom. The summed E-state index contributed by atoms with van der Waals surface area (Å²) in [5, 5.41) is 0. The van der Waals surface area contributed by atoms with Crippen molar-refractivity contribution in [3.63, 3.8) is 0 Å². The number of nitrogens with two attached hydrogens (primary N) is 1. The number of hydrogen-bond donors (Lipinski definition) is 1. The summed E-state index contributed by atoms with van der Waals surface area (Å²) in [7, 11) is 1.95. The highest BCUT2D eigenvalue weighted by Gasteiger charge is 2.24. The van der Waals surface area contributed by atoms with Crippen molar-refractivity contribution in [1.29, 1.82) is 0 Å². The Balaban J connectivity index is 0.00000400. The van der Waals surface area contributed by atoms with Crippen LogP contribution in [0, 0.1) is 5.41 Å². The molecule has 0 spiro atoms. The zero-order chi connectivity index (χ0) is 15.3. The Morgan fingerprint density at radius 3 is 2.05 bits per heavy atom. The van der Waals surface area contributed by atoms with Gasteiger partial charge in [0.2, 0.25) is 11.8 Å². The van der Waals surface area contributed by atoms with Gasteiger partial charge in [0.15, 0.2) is 0 Å². The number of likely N-dealkylation sites (N-methyl/N-ethyl adjacent to an activating group) is 1. The monoisotopic (exact) mass is 320 g/mol. The lowest BCUT2D eigenvalue weighted by Crippen LogP contribution is -2.52. The van der Waals surface area contributed by atoms with Crippen LogP contribution in [0.1, 0.15) is 20.8 Å². The summed E-state index contributed by atoms with van der Waals surface area (Å²) in [4.78, 5) is 29.1. The van der Waals surface area contributed by atoms with Crippen LogP contribution >= 0.6 is 12.4 Å². The van der Waals surface area contributed by atoms with Crippen LogP contribution in [0.2, 0.25) is 0 Å². The Kier molecular flexibility index (Phi) is 8.21. The van der Waals surface area contributed by atoms with Gasteiger partial charge < -0.3 is 15.5 Å². The first kappa shape index (κ1) is 20.1. The predicted molar refractivity (Wildman–Crippen MR) is 86.4 cm³/mol. The Hall–Kier alpha value is -0.850. The van der Waals surface area contributed by atoms with Gasteiger partial charge in [-0.2, -0.15) is 0 Å². The molecular weight excluding hydrogens is 292 g/mol. The van der Waals surface area contributed by atoms with Gasteiger partial charge in [-0.15, -0.1) is 12.4 Å². The van der Waals surface area contributed by atoms with Crippen LogP contribution in [0.15, 0.2) is 0 Å². The van der Waals surface area contributed by atoms with E-state index < -0.39 is 0 Å². The number of hydrogen-bond acceptors (Lipinski definition) is 4. The van der Waals surface area contributed by atoms with Crippen LogP contribution in [0.4, 0.5) is 0 Å². The highest BCUT2D eigenvalue weighted by atomic mass is 35.5. The van der Waals surface area contributed by atoms with Crippen LogP contribution in [0.3, 0.4) is 0 Å². The Labute approximate surface area is 134 Å². The molecule has 6 nitrogen and oxygen atoms in total. The molecule has 0 bridgehead atoms. The van der Waals surface area contributed by atoms with Gasteiger partial charge in [-0.25, -0.2) is 0 Å². The molecule has 1 aliphatic rings. The average Bonchev–Trinajstić information content (AvgIpc) is 2.38. The molecule has 1 saturated heterocycles. The lowest BCUT2D eigenvalue weighted by molar-refractivity contribution is -0.139. The van der Waals surface area contributed by atoms with Gasteiger partial charge in [-0.3, -0.25) is 14.5 Å². The van der Waals surface area contributed by atoms with Gasteiger partial charge in [-0.1, -0.05) is 13.8 Å². The molecule has 7 heteroatoms. The van der Waals surface area contributed by atoms with Crippen molar-refractivity contribution in [2.24, 2.45) is 11.1 Å². The fourth-order valence-electron chi connectivity index (χ4n) is 2.45. The average molecular weight is 321 g/mol. The minimum absolute atomic E-state index is 0. The Bertz CT molecular complexity index is 355. The van der Waals surface area contributed by atoms with Crippen LogP contribution in [0.5, 0.6) is 0 Å². The van der Waals surface area contributed by atoms with Crippen LogP contribution in [-0.2, 0) is 9.59 Å². The highest BCUT2D eigenvalue weighted by molar-refractivity contribution is 5.85. The molecule has 0 unspecified atom stereocenters. The van der Waals surface area contributed by atoms with Gasteiger partial charge in [0.05, 0.1) is 6.54 Å². The smallest absolute Gasteiger partial charge is 0.236 e. The quantitative estimate of drug-likeness (QED) is 0.775. The zero-order valence-corrected chi connectivity index (χ0v) is 14.4. The van der Waals surface area contributed by atoms with E-state index in [1.807, 2.05) is 16.8 Å². The first-order valence-corrected chi connectivity index (χ1v) is 7.17. The maximum absolute atomic E-state index is 12.2. The molecule has 1 rings (SSSR count). The van der Waals surface area contributed by atoms with Crippen LogP contribution in [-0.4, -0.2) is 79.4 Å². The van der Waals surface area contributed by atoms with Gasteiger partial charge >= 0.3 is 0 Å². The third-order valence-electron chi connectivity index (χ3n) is 3.73. The summed E-state index contributed by atoms with van der Waals surface area (Å²) in [5.41, 5.74) is 5.73. The lowest BCUT2D eigenvalue weighted by Gasteiger charge is -2.36. The van der Waals surface area contributed by atoms with Gasteiger partial charge in [0.25, 0.3) is 0 Å². The van der Waals surface area contributed by atoms with Crippen LogP contribution < -0.4 is 5.73 Å². The van der Waals surface area contributed by atoms with Crippen molar-refractivity contribution in [3.05, 3.63) is 0 Å². The predicted octanol–water partition coefficient (Wildman–Crippen LogP) is 0.0156. The molecule has 0 saturated carbocycles. The number of halogens is 1.